The summed E-state index contributed by atoms with van der Waals surface area (Å²) in [6, 6.07) is 5.31. The summed E-state index contributed by atoms with van der Waals surface area (Å²) < 4.78 is 16.0. The molecule has 8 heteroatoms. The molecule has 0 saturated carbocycles. The normalized spacial score (nSPS) is 11.6. The Morgan fingerprint density at radius 1 is 1.24 bits per heavy atom. The molecule has 2 heterocycles. The predicted octanol–water partition coefficient (Wildman–Crippen LogP) is 3.72. The van der Waals surface area contributed by atoms with Crippen molar-refractivity contribution in [2.24, 2.45) is 0 Å². The van der Waals surface area contributed by atoms with Gasteiger partial charge in [-0.25, -0.2) is 9.78 Å². The Morgan fingerprint density at radius 2 is 2.00 bits per heavy atom. The van der Waals surface area contributed by atoms with Gasteiger partial charge < -0.3 is 19.2 Å². The second-order valence-electron chi connectivity index (χ2n) is 6.24. The summed E-state index contributed by atoms with van der Waals surface area (Å²) in [5.41, 5.74) is 1.32. The van der Waals surface area contributed by atoms with Gasteiger partial charge in [-0.05, 0) is 38.5 Å². The summed E-state index contributed by atoms with van der Waals surface area (Å²) in [5, 5.41) is 0.540. The molecule has 0 saturated heterocycles. The van der Waals surface area contributed by atoms with E-state index < -0.39 is 5.97 Å². The zero-order chi connectivity index (χ0) is 21.1. The molecule has 7 nitrogen and oxygen atoms in total. The molecule has 0 aliphatic carbocycles. The molecule has 3 rings (SSSR count). The zero-order valence-corrected chi connectivity index (χ0v) is 17.7. The molecule has 0 unspecified atom stereocenters. The molecular formula is C21H22N2O5S. The molecule has 3 aromatic rings. The third kappa shape index (κ3) is 3.88. The zero-order valence-electron chi connectivity index (χ0n) is 16.9. The van der Waals surface area contributed by atoms with Crippen molar-refractivity contribution in [3.05, 3.63) is 50.4 Å². The molecule has 0 spiro atoms. The highest BCUT2D eigenvalue weighted by Crippen LogP contribution is 2.34. The van der Waals surface area contributed by atoms with Gasteiger partial charge in [-0.1, -0.05) is 12.1 Å². The minimum atomic E-state index is -0.593. The van der Waals surface area contributed by atoms with Crippen molar-refractivity contribution in [2.75, 3.05) is 20.8 Å². The van der Waals surface area contributed by atoms with E-state index in [2.05, 4.69) is 9.97 Å². The van der Waals surface area contributed by atoms with Gasteiger partial charge in [-0.3, -0.25) is 4.79 Å². The molecule has 0 radical (unpaired) electrons. The minimum Gasteiger partial charge on any atom is -0.493 e. The number of carbonyl (C=O) groups is 1. The van der Waals surface area contributed by atoms with Crippen LogP contribution >= 0.6 is 11.3 Å². The number of aromatic nitrogens is 2. The van der Waals surface area contributed by atoms with Gasteiger partial charge in [0.05, 0.1) is 26.2 Å². The number of nitrogens with one attached hydrogen (secondary N) is 1. The van der Waals surface area contributed by atoms with E-state index >= 15 is 0 Å². The van der Waals surface area contributed by atoms with Crippen molar-refractivity contribution in [3.8, 4) is 11.5 Å². The molecular weight excluding hydrogens is 392 g/mol. The Kier molecular flexibility index (Phi) is 6.03. The van der Waals surface area contributed by atoms with E-state index in [4.69, 9.17) is 14.2 Å². The van der Waals surface area contributed by atoms with E-state index in [-0.39, 0.29) is 23.6 Å². The van der Waals surface area contributed by atoms with Crippen LogP contribution in [0.15, 0.2) is 23.0 Å². The fraction of sp³-hybridized carbons (Fsp3) is 0.286. The van der Waals surface area contributed by atoms with Crippen molar-refractivity contribution in [2.45, 2.75) is 20.8 Å². The smallest absolute Gasteiger partial charge is 0.341 e. The highest BCUT2D eigenvalue weighted by atomic mass is 32.1. The number of benzene rings is 1. The van der Waals surface area contributed by atoms with E-state index in [9.17, 15) is 9.59 Å². The van der Waals surface area contributed by atoms with Gasteiger partial charge in [0.2, 0.25) is 0 Å². The van der Waals surface area contributed by atoms with Crippen LogP contribution in [0.5, 0.6) is 11.5 Å². The third-order valence-corrected chi connectivity index (χ3v) is 5.62. The number of H-pyrrole nitrogens is 1. The third-order valence-electron chi connectivity index (χ3n) is 4.52. The number of carbonyl (C=O) groups excluding carboxylic acids is 1. The van der Waals surface area contributed by atoms with Gasteiger partial charge in [0.1, 0.15) is 16.2 Å². The molecule has 0 fully saturated rings. The van der Waals surface area contributed by atoms with Crippen LogP contribution in [0.1, 0.15) is 28.8 Å². The van der Waals surface area contributed by atoms with E-state index in [0.717, 1.165) is 10.4 Å². The molecule has 1 N–H and O–H groups in total. The first-order valence-corrected chi connectivity index (χ1v) is 9.83. The van der Waals surface area contributed by atoms with Crippen LogP contribution in [-0.2, 0) is 9.53 Å². The summed E-state index contributed by atoms with van der Waals surface area (Å²) in [7, 11) is 3.05. The number of ether oxygens (including phenoxy) is 3. The average Bonchev–Trinajstić information content (AvgIpc) is 2.99. The number of para-hydroxylation sites is 1. The second kappa shape index (κ2) is 8.48. The number of thiophene rings is 1. The summed E-state index contributed by atoms with van der Waals surface area (Å²) in [6.07, 6.45) is 1.58. The highest BCUT2D eigenvalue weighted by molar-refractivity contribution is 7.18. The lowest BCUT2D eigenvalue weighted by Gasteiger charge is -2.12. The van der Waals surface area contributed by atoms with Gasteiger partial charge in [-0.15, -0.1) is 11.3 Å². The Hall–Kier alpha value is -3.13. The lowest BCUT2D eigenvalue weighted by Crippen LogP contribution is -2.15. The van der Waals surface area contributed by atoms with E-state index in [1.807, 2.05) is 13.8 Å². The number of rotatable bonds is 6. The largest absolute Gasteiger partial charge is 0.493 e. The Balaban J connectivity index is 2.25. The van der Waals surface area contributed by atoms with Gasteiger partial charge in [0.15, 0.2) is 11.5 Å². The summed E-state index contributed by atoms with van der Waals surface area (Å²) in [4.78, 5) is 34.2. The minimum absolute atomic E-state index is 0.126. The number of fused-ring (bicyclic) bond motifs is 1. The van der Waals surface area contributed by atoms with Crippen molar-refractivity contribution < 1.29 is 19.0 Å². The van der Waals surface area contributed by atoms with Crippen LogP contribution in [0.25, 0.3) is 21.9 Å². The Labute approximate surface area is 172 Å². The number of aryl methyl sites for hydroxylation is 2. The number of nitrogens with zero attached hydrogens (tertiary/aromatic N) is 1. The first kappa shape index (κ1) is 20.6. The topological polar surface area (TPSA) is 90.5 Å². The van der Waals surface area contributed by atoms with Crippen LogP contribution in [0.3, 0.4) is 0 Å². The molecule has 0 aliphatic rings. The number of hydrogen-bond donors (Lipinski definition) is 1. The first-order chi connectivity index (χ1) is 13.9. The molecule has 0 atom stereocenters. The number of aromatic amines is 1. The Bertz CT molecular complexity index is 1160. The van der Waals surface area contributed by atoms with Crippen molar-refractivity contribution >= 4 is 39.2 Å². The van der Waals surface area contributed by atoms with E-state index in [1.165, 1.54) is 25.6 Å². The van der Waals surface area contributed by atoms with Gasteiger partial charge in [0.25, 0.3) is 5.56 Å². The van der Waals surface area contributed by atoms with Crippen LogP contribution in [-0.4, -0.2) is 36.8 Å². The van der Waals surface area contributed by atoms with E-state index in [0.29, 0.717) is 27.3 Å². The molecule has 2 aromatic heterocycles. The lowest BCUT2D eigenvalue weighted by molar-refractivity contribution is -0.136. The maximum absolute atomic E-state index is 12.7. The van der Waals surface area contributed by atoms with Crippen molar-refractivity contribution in [1.29, 1.82) is 0 Å². The molecule has 152 valence electrons. The van der Waals surface area contributed by atoms with Crippen LogP contribution < -0.4 is 15.0 Å². The lowest BCUT2D eigenvalue weighted by atomic mass is 10.1. The van der Waals surface area contributed by atoms with Crippen molar-refractivity contribution in [1.82, 2.24) is 9.97 Å². The maximum atomic E-state index is 12.7. The molecule has 0 aliphatic heterocycles. The van der Waals surface area contributed by atoms with Gasteiger partial charge in [0, 0.05) is 10.4 Å². The SMILES string of the molecule is CCOC(=O)/C(=C\c1cccc(OC)c1OC)c1nc2sc(C)c(C)c2c(=O)[nH]1. The van der Waals surface area contributed by atoms with Crippen LogP contribution in [0.4, 0.5) is 0 Å². The molecule has 1 aromatic carbocycles. The average molecular weight is 414 g/mol. The fourth-order valence-corrected chi connectivity index (χ4v) is 4.03. The fourth-order valence-electron chi connectivity index (χ4n) is 3.00. The monoisotopic (exact) mass is 414 g/mol. The molecule has 29 heavy (non-hydrogen) atoms. The second-order valence-corrected chi connectivity index (χ2v) is 7.44. The predicted molar refractivity (Wildman–Crippen MR) is 114 cm³/mol. The maximum Gasteiger partial charge on any atom is 0.341 e. The van der Waals surface area contributed by atoms with Crippen LogP contribution in [0.2, 0.25) is 0 Å². The summed E-state index contributed by atoms with van der Waals surface area (Å²) in [6.45, 7) is 5.72. The number of esters is 1. The molecule has 0 amide bonds. The van der Waals surface area contributed by atoms with Crippen LogP contribution in [0, 0.1) is 13.8 Å². The summed E-state index contributed by atoms with van der Waals surface area (Å²) in [5.74, 6) is 0.533. The van der Waals surface area contributed by atoms with Gasteiger partial charge in [-0.2, -0.15) is 0 Å². The Morgan fingerprint density at radius 3 is 2.66 bits per heavy atom. The molecule has 0 bridgehead atoms. The van der Waals surface area contributed by atoms with E-state index in [1.54, 1.807) is 31.2 Å². The standard InChI is InChI=1S/C21H22N2O5S/c1-6-28-21(25)14(10-13-8-7-9-15(26-4)17(13)27-5)18-22-19(24)16-11(2)12(3)29-20(16)23-18/h7-10H,6H2,1-5H3,(H,22,23,24)/b14-10-. The van der Waals surface area contributed by atoms with Crippen molar-refractivity contribution in [3.63, 3.8) is 0 Å². The first-order valence-electron chi connectivity index (χ1n) is 9.01. The van der Waals surface area contributed by atoms with Gasteiger partial charge >= 0.3 is 5.97 Å². The number of methoxy groups -OCH3 is 2. The quantitative estimate of drug-likeness (QED) is 0.488. The highest BCUT2D eigenvalue weighted by Gasteiger charge is 2.21. The summed E-state index contributed by atoms with van der Waals surface area (Å²) >= 11 is 1.41. The number of hydrogen-bond acceptors (Lipinski definition) is 7.